The Balaban J connectivity index is 1.81. The van der Waals surface area contributed by atoms with Gasteiger partial charge in [-0.1, -0.05) is 6.07 Å². The maximum atomic E-state index is 12.6. The van der Waals surface area contributed by atoms with Crippen molar-refractivity contribution in [1.29, 1.82) is 0 Å². The number of Topliss-reactive ketones (excluding diaryl/α,β-unsaturated/α-hetero) is 1. The van der Waals surface area contributed by atoms with Crippen LogP contribution < -0.4 is 10.1 Å². The van der Waals surface area contributed by atoms with E-state index in [1.807, 2.05) is 19.1 Å². The van der Waals surface area contributed by atoms with E-state index in [1.165, 1.54) is 11.3 Å². The summed E-state index contributed by atoms with van der Waals surface area (Å²) in [5.41, 5.74) is 1.56. The van der Waals surface area contributed by atoms with Crippen LogP contribution in [0.1, 0.15) is 27.2 Å². The zero-order valence-electron chi connectivity index (χ0n) is 12.4. The highest BCUT2D eigenvalue weighted by molar-refractivity contribution is 7.15. The molecule has 1 unspecified atom stereocenters. The Morgan fingerprint density at radius 3 is 2.95 bits per heavy atom. The van der Waals surface area contributed by atoms with Crippen molar-refractivity contribution in [3.05, 3.63) is 40.4 Å². The number of thiazole rings is 1. The molecule has 5 nitrogen and oxygen atoms in total. The van der Waals surface area contributed by atoms with Crippen molar-refractivity contribution in [2.24, 2.45) is 5.92 Å². The van der Waals surface area contributed by atoms with E-state index in [4.69, 9.17) is 4.74 Å². The predicted octanol–water partition coefficient (Wildman–Crippen LogP) is 2.84. The van der Waals surface area contributed by atoms with E-state index in [9.17, 15) is 9.59 Å². The standard InChI is InChI=1S/C16H16N2O3S/c1-9-8-17-16(22-9)18-15(20)12-6-4-10-3-5-11(21-2)7-13(10)14(12)19/h3,5,7-8,12H,4,6H2,1-2H3,(H,17,18,20). The number of ketones is 1. The molecule has 2 aromatic rings. The molecule has 0 aliphatic heterocycles. The highest BCUT2D eigenvalue weighted by atomic mass is 32.1. The summed E-state index contributed by atoms with van der Waals surface area (Å²) in [5, 5.41) is 3.27. The van der Waals surface area contributed by atoms with E-state index < -0.39 is 5.92 Å². The number of carbonyl (C=O) groups excluding carboxylic acids is 2. The second-order valence-corrected chi connectivity index (χ2v) is 6.48. The Kier molecular flexibility index (Phi) is 3.94. The Morgan fingerprint density at radius 2 is 2.27 bits per heavy atom. The number of benzene rings is 1. The van der Waals surface area contributed by atoms with Crippen molar-refractivity contribution in [2.45, 2.75) is 19.8 Å². The van der Waals surface area contributed by atoms with Gasteiger partial charge in [-0.3, -0.25) is 9.59 Å². The molecule has 6 heteroatoms. The van der Waals surface area contributed by atoms with Crippen LogP contribution in [0.5, 0.6) is 5.75 Å². The summed E-state index contributed by atoms with van der Waals surface area (Å²) in [6.45, 7) is 1.92. The second-order valence-electron chi connectivity index (χ2n) is 5.24. The minimum absolute atomic E-state index is 0.147. The van der Waals surface area contributed by atoms with E-state index >= 15 is 0 Å². The van der Waals surface area contributed by atoms with E-state index in [2.05, 4.69) is 10.3 Å². The van der Waals surface area contributed by atoms with Gasteiger partial charge < -0.3 is 10.1 Å². The number of fused-ring (bicyclic) bond motifs is 1. The summed E-state index contributed by atoms with van der Waals surface area (Å²) in [6.07, 6.45) is 2.93. The molecule has 0 bridgehead atoms. The van der Waals surface area contributed by atoms with Crippen LogP contribution in [0.15, 0.2) is 24.4 Å². The summed E-state index contributed by atoms with van der Waals surface area (Å²) < 4.78 is 5.16. The highest BCUT2D eigenvalue weighted by Crippen LogP contribution is 2.29. The fourth-order valence-electron chi connectivity index (χ4n) is 2.60. The van der Waals surface area contributed by atoms with E-state index in [0.29, 0.717) is 29.3 Å². The first kappa shape index (κ1) is 14.7. The SMILES string of the molecule is COc1ccc2c(c1)C(=O)C(C(=O)Nc1ncc(C)s1)CC2. The number of hydrogen-bond acceptors (Lipinski definition) is 5. The van der Waals surface area contributed by atoms with Gasteiger partial charge in [0.2, 0.25) is 5.91 Å². The molecule has 1 amide bonds. The Labute approximate surface area is 132 Å². The molecular formula is C16H16N2O3S. The molecule has 1 N–H and O–H groups in total. The molecule has 22 heavy (non-hydrogen) atoms. The largest absolute Gasteiger partial charge is 0.497 e. The molecular weight excluding hydrogens is 300 g/mol. The number of nitrogens with zero attached hydrogens (tertiary/aromatic N) is 1. The fraction of sp³-hybridized carbons (Fsp3) is 0.312. The van der Waals surface area contributed by atoms with Crippen molar-refractivity contribution in [1.82, 2.24) is 4.98 Å². The Hall–Kier alpha value is -2.21. The number of methoxy groups -OCH3 is 1. The predicted molar refractivity (Wildman–Crippen MR) is 84.6 cm³/mol. The minimum Gasteiger partial charge on any atom is -0.497 e. The van der Waals surface area contributed by atoms with Gasteiger partial charge >= 0.3 is 0 Å². The van der Waals surface area contributed by atoms with E-state index in [1.54, 1.807) is 19.4 Å². The third-order valence-electron chi connectivity index (χ3n) is 3.77. The monoisotopic (exact) mass is 316 g/mol. The lowest BCUT2D eigenvalue weighted by Crippen LogP contribution is -2.33. The lowest BCUT2D eigenvalue weighted by molar-refractivity contribution is -0.118. The zero-order chi connectivity index (χ0) is 15.7. The van der Waals surface area contributed by atoms with Crippen LogP contribution in [0.3, 0.4) is 0 Å². The number of nitrogens with one attached hydrogen (secondary N) is 1. The third kappa shape index (κ3) is 2.74. The molecule has 0 spiro atoms. The highest BCUT2D eigenvalue weighted by Gasteiger charge is 2.33. The summed E-state index contributed by atoms with van der Waals surface area (Å²) in [5.74, 6) is -0.466. The maximum Gasteiger partial charge on any atom is 0.237 e. The molecule has 1 atom stereocenters. The molecule has 1 aliphatic rings. The van der Waals surface area contributed by atoms with Gasteiger partial charge in [-0.2, -0.15) is 0 Å². The summed E-state index contributed by atoms with van der Waals surface area (Å²) in [6, 6.07) is 5.44. The molecule has 0 saturated carbocycles. The molecule has 1 heterocycles. The van der Waals surface area contributed by atoms with Crippen molar-refractivity contribution < 1.29 is 14.3 Å². The van der Waals surface area contributed by atoms with Crippen LogP contribution in [-0.4, -0.2) is 23.8 Å². The maximum absolute atomic E-state index is 12.6. The molecule has 0 radical (unpaired) electrons. The van der Waals surface area contributed by atoms with Crippen LogP contribution in [0.25, 0.3) is 0 Å². The number of rotatable bonds is 3. The van der Waals surface area contributed by atoms with Crippen LogP contribution in [0.4, 0.5) is 5.13 Å². The second kappa shape index (κ2) is 5.88. The Bertz CT molecular complexity index is 739. The van der Waals surface area contributed by atoms with Crippen molar-refractivity contribution in [3.63, 3.8) is 0 Å². The minimum atomic E-state index is -0.663. The zero-order valence-corrected chi connectivity index (χ0v) is 13.2. The normalized spacial score (nSPS) is 17.0. The van der Waals surface area contributed by atoms with Gasteiger partial charge in [-0.15, -0.1) is 11.3 Å². The summed E-state index contributed by atoms with van der Waals surface area (Å²) >= 11 is 1.40. The number of hydrogen-bond donors (Lipinski definition) is 1. The fourth-order valence-corrected chi connectivity index (χ4v) is 3.27. The van der Waals surface area contributed by atoms with E-state index in [0.717, 1.165) is 10.4 Å². The molecule has 114 valence electrons. The molecule has 1 aromatic heterocycles. The molecule has 1 aromatic carbocycles. The van der Waals surface area contributed by atoms with Crippen LogP contribution in [0.2, 0.25) is 0 Å². The molecule has 0 saturated heterocycles. The van der Waals surface area contributed by atoms with Crippen molar-refractivity contribution in [3.8, 4) is 5.75 Å². The van der Waals surface area contributed by atoms with E-state index in [-0.39, 0.29) is 11.7 Å². The first-order valence-corrected chi connectivity index (χ1v) is 7.84. The smallest absolute Gasteiger partial charge is 0.237 e. The van der Waals surface area contributed by atoms with Gasteiger partial charge in [0.25, 0.3) is 0 Å². The van der Waals surface area contributed by atoms with Gasteiger partial charge in [-0.05, 0) is 37.5 Å². The van der Waals surface area contributed by atoms with Crippen molar-refractivity contribution >= 4 is 28.2 Å². The van der Waals surface area contributed by atoms with Crippen LogP contribution in [-0.2, 0) is 11.2 Å². The topological polar surface area (TPSA) is 68.3 Å². The number of ether oxygens (including phenoxy) is 1. The molecule has 0 fully saturated rings. The lowest BCUT2D eigenvalue weighted by Gasteiger charge is -2.22. The van der Waals surface area contributed by atoms with Gasteiger partial charge in [-0.25, -0.2) is 4.98 Å². The average molecular weight is 316 g/mol. The van der Waals surface area contributed by atoms with Crippen LogP contribution in [0, 0.1) is 12.8 Å². The quantitative estimate of drug-likeness (QED) is 0.884. The summed E-state index contributed by atoms with van der Waals surface area (Å²) in [7, 11) is 1.56. The Morgan fingerprint density at radius 1 is 1.45 bits per heavy atom. The average Bonchev–Trinajstić information content (AvgIpc) is 2.92. The number of aromatic nitrogens is 1. The summed E-state index contributed by atoms with van der Waals surface area (Å²) in [4.78, 5) is 30.1. The molecule has 3 rings (SSSR count). The number of carbonyl (C=O) groups is 2. The molecule has 1 aliphatic carbocycles. The first-order valence-electron chi connectivity index (χ1n) is 7.03. The van der Waals surface area contributed by atoms with Crippen molar-refractivity contribution in [2.75, 3.05) is 12.4 Å². The van der Waals surface area contributed by atoms with Gasteiger partial charge in [0, 0.05) is 16.6 Å². The van der Waals surface area contributed by atoms with Crippen LogP contribution >= 0.6 is 11.3 Å². The number of amides is 1. The third-order valence-corrected chi connectivity index (χ3v) is 4.60. The lowest BCUT2D eigenvalue weighted by atomic mass is 9.82. The van der Waals surface area contributed by atoms with Gasteiger partial charge in [0.05, 0.1) is 7.11 Å². The van der Waals surface area contributed by atoms with Gasteiger partial charge in [0.15, 0.2) is 10.9 Å². The first-order chi connectivity index (χ1) is 10.6. The number of anilines is 1. The number of aryl methyl sites for hydroxylation is 2. The van der Waals surface area contributed by atoms with Gasteiger partial charge in [0.1, 0.15) is 11.7 Å².